The van der Waals surface area contributed by atoms with Crippen LogP contribution < -0.4 is 15.0 Å². The van der Waals surface area contributed by atoms with Gasteiger partial charge in [0.15, 0.2) is 0 Å². The van der Waals surface area contributed by atoms with Crippen molar-refractivity contribution in [2.24, 2.45) is 0 Å². The molecule has 1 N–H and O–H groups in total. The van der Waals surface area contributed by atoms with Gasteiger partial charge in [0, 0.05) is 37.9 Å². The molecule has 0 bridgehead atoms. The van der Waals surface area contributed by atoms with E-state index in [9.17, 15) is 0 Å². The molecule has 1 aliphatic heterocycles. The van der Waals surface area contributed by atoms with Gasteiger partial charge in [0.05, 0.1) is 7.11 Å². The lowest BCUT2D eigenvalue weighted by atomic mass is 10.2. The Morgan fingerprint density at radius 3 is 3.19 bits per heavy atom. The van der Waals surface area contributed by atoms with E-state index in [2.05, 4.69) is 22.1 Å². The highest BCUT2D eigenvalue weighted by atomic mass is 16.5. The minimum absolute atomic E-state index is 0.593. The molecule has 16 heavy (non-hydrogen) atoms. The largest absolute Gasteiger partial charge is 0.497 e. The maximum Gasteiger partial charge on any atom is 0.132 e. The summed E-state index contributed by atoms with van der Waals surface area (Å²) < 4.78 is 5.22. The molecule has 1 aromatic heterocycles. The van der Waals surface area contributed by atoms with Crippen LogP contribution in [0, 0.1) is 0 Å². The summed E-state index contributed by atoms with van der Waals surface area (Å²) in [4.78, 5) is 6.70. The van der Waals surface area contributed by atoms with Crippen molar-refractivity contribution in [1.29, 1.82) is 0 Å². The molecule has 0 radical (unpaired) electrons. The predicted molar refractivity (Wildman–Crippen MR) is 65.1 cm³/mol. The van der Waals surface area contributed by atoms with E-state index in [1.165, 1.54) is 0 Å². The number of nitrogens with zero attached hydrogens (tertiary/aromatic N) is 2. The average molecular weight is 221 g/mol. The Morgan fingerprint density at radius 2 is 2.38 bits per heavy atom. The molecule has 0 saturated carbocycles. The van der Waals surface area contributed by atoms with Crippen molar-refractivity contribution >= 4 is 5.82 Å². The van der Waals surface area contributed by atoms with E-state index >= 15 is 0 Å². The summed E-state index contributed by atoms with van der Waals surface area (Å²) in [5, 5.41) is 3.47. The van der Waals surface area contributed by atoms with Gasteiger partial charge in [0.1, 0.15) is 11.6 Å². The van der Waals surface area contributed by atoms with Crippen LogP contribution in [0.25, 0.3) is 0 Å². The third kappa shape index (κ3) is 2.64. The van der Waals surface area contributed by atoms with E-state index in [0.717, 1.165) is 37.6 Å². The second kappa shape index (κ2) is 5.16. The summed E-state index contributed by atoms with van der Waals surface area (Å²) in [5.41, 5.74) is 0. The number of anilines is 1. The molecule has 0 amide bonds. The van der Waals surface area contributed by atoms with Crippen molar-refractivity contribution in [3.05, 3.63) is 18.3 Å². The normalized spacial score (nSPS) is 21.6. The maximum atomic E-state index is 5.22. The zero-order valence-electron chi connectivity index (χ0n) is 9.94. The van der Waals surface area contributed by atoms with Gasteiger partial charge >= 0.3 is 0 Å². The van der Waals surface area contributed by atoms with Crippen LogP contribution in [0.4, 0.5) is 5.82 Å². The van der Waals surface area contributed by atoms with Crippen LogP contribution in [-0.2, 0) is 0 Å². The first-order valence-electron chi connectivity index (χ1n) is 5.78. The first kappa shape index (κ1) is 11.2. The highest BCUT2D eigenvalue weighted by Crippen LogP contribution is 2.18. The van der Waals surface area contributed by atoms with E-state index in [0.29, 0.717) is 6.04 Å². The summed E-state index contributed by atoms with van der Waals surface area (Å²) in [6.07, 6.45) is 2.95. The Morgan fingerprint density at radius 1 is 1.50 bits per heavy atom. The van der Waals surface area contributed by atoms with Gasteiger partial charge in [-0.25, -0.2) is 4.98 Å². The minimum atomic E-state index is 0.593. The number of ether oxygens (including phenoxy) is 1. The zero-order chi connectivity index (χ0) is 11.4. The van der Waals surface area contributed by atoms with Crippen molar-refractivity contribution in [2.45, 2.75) is 19.4 Å². The molecule has 4 heteroatoms. The first-order valence-corrected chi connectivity index (χ1v) is 5.78. The molecule has 1 aromatic rings. The molecule has 0 spiro atoms. The van der Waals surface area contributed by atoms with Crippen LogP contribution in [0.5, 0.6) is 5.75 Å². The lowest BCUT2D eigenvalue weighted by molar-refractivity contribution is 0.414. The van der Waals surface area contributed by atoms with E-state index in [4.69, 9.17) is 4.74 Å². The zero-order valence-corrected chi connectivity index (χ0v) is 9.94. The van der Waals surface area contributed by atoms with Crippen LogP contribution in [0.2, 0.25) is 0 Å². The highest BCUT2D eigenvalue weighted by molar-refractivity contribution is 5.43. The van der Waals surface area contributed by atoms with Crippen LogP contribution >= 0.6 is 0 Å². The lowest BCUT2D eigenvalue weighted by Gasteiger charge is -2.21. The summed E-state index contributed by atoms with van der Waals surface area (Å²) in [6.45, 7) is 5.29. The predicted octanol–water partition coefficient (Wildman–Crippen LogP) is 1.28. The standard InChI is InChI=1S/C12H19N3O/c1-10-4-7-15(8-6-13-10)12-9-11(16-2)3-5-14-12/h3,5,9-10,13H,4,6-8H2,1-2H3. The van der Waals surface area contributed by atoms with Crippen molar-refractivity contribution in [3.8, 4) is 5.75 Å². The third-order valence-corrected chi connectivity index (χ3v) is 2.98. The van der Waals surface area contributed by atoms with E-state index < -0.39 is 0 Å². The number of rotatable bonds is 2. The van der Waals surface area contributed by atoms with Crippen LogP contribution in [-0.4, -0.2) is 37.8 Å². The van der Waals surface area contributed by atoms with Crippen molar-refractivity contribution in [3.63, 3.8) is 0 Å². The maximum absolute atomic E-state index is 5.22. The Kier molecular flexibility index (Phi) is 3.62. The molecule has 1 fully saturated rings. The second-order valence-electron chi connectivity index (χ2n) is 4.18. The molecule has 0 aromatic carbocycles. The van der Waals surface area contributed by atoms with Crippen LogP contribution in [0.15, 0.2) is 18.3 Å². The average Bonchev–Trinajstić information content (AvgIpc) is 2.54. The number of hydrogen-bond donors (Lipinski definition) is 1. The van der Waals surface area contributed by atoms with Gasteiger partial charge in [0.2, 0.25) is 0 Å². The first-order chi connectivity index (χ1) is 7.79. The molecular formula is C12H19N3O. The van der Waals surface area contributed by atoms with Gasteiger partial charge in [-0.1, -0.05) is 0 Å². The minimum Gasteiger partial charge on any atom is -0.497 e. The number of aromatic nitrogens is 1. The summed E-state index contributed by atoms with van der Waals surface area (Å²) >= 11 is 0. The fourth-order valence-corrected chi connectivity index (χ4v) is 1.94. The van der Waals surface area contributed by atoms with Gasteiger partial charge in [-0.3, -0.25) is 0 Å². The number of hydrogen-bond acceptors (Lipinski definition) is 4. The Bertz CT molecular complexity index is 343. The van der Waals surface area contributed by atoms with Crippen LogP contribution in [0.1, 0.15) is 13.3 Å². The molecule has 1 unspecified atom stereocenters. The van der Waals surface area contributed by atoms with E-state index in [1.807, 2.05) is 12.1 Å². The smallest absolute Gasteiger partial charge is 0.132 e. The highest BCUT2D eigenvalue weighted by Gasteiger charge is 2.14. The number of nitrogens with one attached hydrogen (secondary N) is 1. The number of methoxy groups -OCH3 is 1. The molecule has 0 aliphatic carbocycles. The molecule has 1 aliphatic rings. The van der Waals surface area contributed by atoms with Gasteiger partial charge in [-0.15, -0.1) is 0 Å². The summed E-state index contributed by atoms with van der Waals surface area (Å²) in [6, 6.07) is 4.47. The van der Waals surface area contributed by atoms with E-state index in [-0.39, 0.29) is 0 Å². The fourth-order valence-electron chi connectivity index (χ4n) is 1.94. The van der Waals surface area contributed by atoms with E-state index in [1.54, 1.807) is 13.3 Å². The second-order valence-corrected chi connectivity index (χ2v) is 4.18. The van der Waals surface area contributed by atoms with Gasteiger partial charge in [-0.05, 0) is 19.4 Å². The Labute approximate surface area is 96.6 Å². The number of pyridine rings is 1. The molecule has 1 atom stereocenters. The van der Waals surface area contributed by atoms with Gasteiger partial charge < -0.3 is 15.0 Å². The van der Waals surface area contributed by atoms with Crippen molar-refractivity contribution < 1.29 is 4.74 Å². The molecule has 2 heterocycles. The molecule has 1 saturated heterocycles. The molecular weight excluding hydrogens is 202 g/mol. The summed E-state index contributed by atoms with van der Waals surface area (Å²) in [7, 11) is 1.69. The van der Waals surface area contributed by atoms with Gasteiger partial charge in [0.25, 0.3) is 0 Å². The monoisotopic (exact) mass is 221 g/mol. The third-order valence-electron chi connectivity index (χ3n) is 2.98. The Balaban J connectivity index is 2.10. The van der Waals surface area contributed by atoms with Crippen LogP contribution in [0.3, 0.4) is 0 Å². The molecule has 4 nitrogen and oxygen atoms in total. The van der Waals surface area contributed by atoms with Gasteiger partial charge in [-0.2, -0.15) is 0 Å². The Hall–Kier alpha value is -1.29. The topological polar surface area (TPSA) is 37.4 Å². The van der Waals surface area contributed by atoms with Crippen molar-refractivity contribution in [1.82, 2.24) is 10.3 Å². The SMILES string of the molecule is COc1ccnc(N2CCNC(C)CC2)c1. The van der Waals surface area contributed by atoms with Crippen molar-refractivity contribution in [2.75, 3.05) is 31.6 Å². The molecule has 2 rings (SSSR count). The molecule has 88 valence electrons. The summed E-state index contributed by atoms with van der Waals surface area (Å²) in [5.74, 6) is 1.88. The fraction of sp³-hybridized carbons (Fsp3) is 0.583. The lowest BCUT2D eigenvalue weighted by Crippen LogP contribution is -2.29. The quantitative estimate of drug-likeness (QED) is 0.816.